The quantitative estimate of drug-likeness (QED) is 0.879. The summed E-state index contributed by atoms with van der Waals surface area (Å²) in [7, 11) is 0. The van der Waals surface area contributed by atoms with Crippen LogP contribution in [0.2, 0.25) is 0 Å². The summed E-state index contributed by atoms with van der Waals surface area (Å²) in [6.45, 7) is 3.45. The summed E-state index contributed by atoms with van der Waals surface area (Å²) in [5.74, 6) is 0.835. The molecule has 1 amide bonds. The van der Waals surface area contributed by atoms with Crippen LogP contribution >= 0.6 is 0 Å². The minimum absolute atomic E-state index is 0.0598. The summed E-state index contributed by atoms with van der Waals surface area (Å²) >= 11 is 0. The van der Waals surface area contributed by atoms with Gasteiger partial charge >= 0.3 is 0 Å². The summed E-state index contributed by atoms with van der Waals surface area (Å²) in [6.07, 6.45) is 11.0. The number of para-hydroxylation sites is 1. The van der Waals surface area contributed by atoms with Crippen LogP contribution in [0.25, 0.3) is 5.69 Å². The van der Waals surface area contributed by atoms with Gasteiger partial charge in [0.05, 0.1) is 5.69 Å². The van der Waals surface area contributed by atoms with E-state index in [-0.39, 0.29) is 11.9 Å². The van der Waals surface area contributed by atoms with Gasteiger partial charge in [0.1, 0.15) is 0 Å². The largest absolute Gasteiger partial charge is 0.348 e. The highest BCUT2D eigenvalue weighted by Crippen LogP contribution is 2.25. The van der Waals surface area contributed by atoms with Gasteiger partial charge in [-0.25, -0.2) is 4.68 Å². The van der Waals surface area contributed by atoms with Gasteiger partial charge in [0.15, 0.2) is 5.69 Å². The fourth-order valence-corrected chi connectivity index (χ4v) is 4.42. The van der Waals surface area contributed by atoms with Gasteiger partial charge in [0, 0.05) is 31.9 Å². The third kappa shape index (κ3) is 4.78. The second-order valence-corrected chi connectivity index (χ2v) is 8.03. The fourth-order valence-electron chi connectivity index (χ4n) is 4.42. The zero-order chi connectivity index (χ0) is 18.5. The van der Waals surface area contributed by atoms with Crippen molar-refractivity contribution in [3.63, 3.8) is 0 Å². The first kappa shape index (κ1) is 18.2. The number of carbonyl (C=O) groups excluding carboxylic acids is 1. The first-order chi connectivity index (χ1) is 13.3. The number of aromatic nitrogens is 2. The summed E-state index contributed by atoms with van der Waals surface area (Å²) in [5.41, 5.74) is 1.45. The van der Waals surface area contributed by atoms with E-state index in [1.54, 1.807) is 10.7 Å². The monoisotopic (exact) mass is 366 g/mol. The summed E-state index contributed by atoms with van der Waals surface area (Å²) in [4.78, 5) is 15.2. The average molecular weight is 367 g/mol. The van der Waals surface area contributed by atoms with Crippen molar-refractivity contribution in [1.29, 1.82) is 0 Å². The van der Waals surface area contributed by atoms with Gasteiger partial charge < -0.3 is 10.2 Å². The first-order valence-corrected chi connectivity index (χ1v) is 10.4. The zero-order valence-corrected chi connectivity index (χ0v) is 16.0. The maximum Gasteiger partial charge on any atom is 0.272 e. The minimum atomic E-state index is -0.0598. The third-order valence-corrected chi connectivity index (χ3v) is 6.01. The lowest BCUT2D eigenvalue weighted by molar-refractivity contribution is 0.0896. The second-order valence-electron chi connectivity index (χ2n) is 8.03. The lowest BCUT2D eigenvalue weighted by Crippen LogP contribution is -2.46. The van der Waals surface area contributed by atoms with Crippen LogP contribution in [0.15, 0.2) is 42.6 Å². The van der Waals surface area contributed by atoms with Crippen molar-refractivity contribution in [3.05, 3.63) is 48.3 Å². The molecule has 0 atom stereocenters. The normalized spacial score (nSPS) is 19.9. The van der Waals surface area contributed by atoms with Crippen LogP contribution in [0, 0.1) is 5.92 Å². The van der Waals surface area contributed by atoms with Gasteiger partial charge in [0.25, 0.3) is 5.91 Å². The summed E-state index contributed by atoms with van der Waals surface area (Å²) in [6, 6.07) is 11.9. The van der Waals surface area contributed by atoms with Gasteiger partial charge in [-0.2, -0.15) is 5.10 Å². The minimum Gasteiger partial charge on any atom is -0.348 e. The fraction of sp³-hybridized carbons (Fsp3) is 0.545. The molecule has 1 aromatic carbocycles. The predicted octanol–water partition coefficient (Wildman–Crippen LogP) is 3.65. The number of rotatable bonds is 5. The number of benzene rings is 1. The molecular weight excluding hydrogens is 336 g/mol. The maximum atomic E-state index is 12.6. The van der Waals surface area contributed by atoms with Gasteiger partial charge in [-0.15, -0.1) is 0 Å². The van der Waals surface area contributed by atoms with E-state index in [0.29, 0.717) is 5.69 Å². The van der Waals surface area contributed by atoms with Crippen molar-refractivity contribution in [2.75, 3.05) is 19.6 Å². The summed E-state index contributed by atoms with van der Waals surface area (Å²) < 4.78 is 1.75. The molecular formula is C22H30N4O. The molecule has 5 heteroatoms. The van der Waals surface area contributed by atoms with E-state index >= 15 is 0 Å². The van der Waals surface area contributed by atoms with Crippen molar-refractivity contribution >= 4 is 5.91 Å². The zero-order valence-electron chi connectivity index (χ0n) is 16.0. The Balaban J connectivity index is 1.25. The molecule has 0 bridgehead atoms. The number of likely N-dealkylation sites (tertiary alicyclic amines) is 1. The Morgan fingerprint density at radius 2 is 1.74 bits per heavy atom. The molecule has 0 radical (unpaired) electrons. The molecule has 1 aliphatic heterocycles. The average Bonchev–Trinajstić information content (AvgIpc) is 3.21. The topological polar surface area (TPSA) is 50.2 Å². The van der Waals surface area contributed by atoms with Gasteiger partial charge in [-0.05, 0) is 49.8 Å². The van der Waals surface area contributed by atoms with Crippen molar-refractivity contribution in [2.45, 2.75) is 51.0 Å². The van der Waals surface area contributed by atoms with E-state index in [4.69, 9.17) is 0 Å². The number of piperidine rings is 1. The molecule has 1 aromatic heterocycles. The Morgan fingerprint density at radius 3 is 2.48 bits per heavy atom. The Labute approximate surface area is 161 Å². The molecule has 0 spiro atoms. The highest BCUT2D eigenvalue weighted by Gasteiger charge is 2.24. The molecule has 0 unspecified atom stereocenters. The molecule has 5 nitrogen and oxygen atoms in total. The molecule has 1 saturated heterocycles. The van der Waals surface area contributed by atoms with Gasteiger partial charge in [-0.1, -0.05) is 37.5 Å². The molecule has 2 fully saturated rings. The molecule has 2 aliphatic rings. The summed E-state index contributed by atoms with van der Waals surface area (Å²) in [5, 5.41) is 7.62. The number of amides is 1. The Kier molecular flexibility index (Phi) is 5.87. The molecule has 144 valence electrons. The van der Waals surface area contributed by atoms with Crippen LogP contribution in [0.5, 0.6) is 0 Å². The highest BCUT2D eigenvalue weighted by molar-refractivity contribution is 5.92. The molecule has 2 heterocycles. The molecule has 4 rings (SSSR count). The number of hydrogen-bond acceptors (Lipinski definition) is 3. The van der Waals surface area contributed by atoms with Crippen molar-refractivity contribution in [3.8, 4) is 5.69 Å². The molecule has 2 aromatic rings. The van der Waals surface area contributed by atoms with E-state index in [9.17, 15) is 4.79 Å². The second kappa shape index (κ2) is 8.70. The Hall–Kier alpha value is -2.14. The van der Waals surface area contributed by atoms with Crippen LogP contribution in [0.3, 0.4) is 0 Å². The molecule has 1 N–H and O–H groups in total. The Morgan fingerprint density at radius 1 is 1.00 bits per heavy atom. The highest BCUT2D eigenvalue weighted by atomic mass is 16.2. The molecule has 1 saturated carbocycles. The number of hydrogen-bond donors (Lipinski definition) is 1. The van der Waals surface area contributed by atoms with Crippen LogP contribution < -0.4 is 5.32 Å². The maximum absolute atomic E-state index is 12.6. The smallest absolute Gasteiger partial charge is 0.272 e. The van der Waals surface area contributed by atoms with E-state index in [0.717, 1.165) is 37.5 Å². The lowest BCUT2D eigenvalue weighted by Gasteiger charge is -2.35. The van der Waals surface area contributed by atoms with Gasteiger partial charge in [0.2, 0.25) is 0 Å². The van der Waals surface area contributed by atoms with Crippen LogP contribution in [0.1, 0.15) is 55.4 Å². The van der Waals surface area contributed by atoms with Crippen LogP contribution in [-0.2, 0) is 0 Å². The third-order valence-electron chi connectivity index (χ3n) is 6.01. The van der Waals surface area contributed by atoms with Crippen LogP contribution in [0.4, 0.5) is 0 Å². The Bertz CT molecular complexity index is 728. The van der Waals surface area contributed by atoms with E-state index in [1.807, 2.05) is 36.5 Å². The molecule has 1 aliphatic carbocycles. The standard InChI is InChI=1S/C22H30N4O/c27-22(21-13-16-26(24-21)20-9-5-2-6-10-20)23-19-11-14-25(15-12-19)17-18-7-3-1-4-8-18/h2,5-6,9-10,13,16,18-19H,1,3-4,7-8,11-12,14-15,17H2,(H,23,27). The van der Waals surface area contributed by atoms with E-state index in [1.165, 1.54) is 38.6 Å². The number of nitrogens with zero attached hydrogens (tertiary/aromatic N) is 3. The SMILES string of the molecule is O=C(NC1CCN(CC2CCCCC2)CC1)c1ccn(-c2ccccc2)n1. The number of carbonyl (C=O) groups is 1. The molecule has 27 heavy (non-hydrogen) atoms. The number of nitrogens with one attached hydrogen (secondary N) is 1. The van der Waals surface area contributed by atoms with E-state index in [2.05, 4.69) is 15.3 Å². The van der Waals surface area contributed by atoms with Gasteiger partial charge in [-0.3, -0.25) is 4.79 Å². The van der Waals surface area contributed by atoms with Crippen LogP contribution in [-0.4, -0.2) is 46.3 Å². The van der Waals surface area contributed by atoms with Crippen molar-refractivity contribution in [1.82, 2.24) is 20.0 Å². The van der Waals surface area contributed by atoms with E-state index < -0.39 is 0 Å². The van der Waals surface area contributed by atoms with Crippen molar-refractivity contribution < 1.29 is 4.79 Å². The predicted molar refractivity (Wildman–Crippen MR) is 107 cm³/mol. The van der Waals surface area contributed by atoms with Crippen molar-refractivity contribution in [2.24, 2.45) is 5.92 Å². The first-order valence-electron chi connectivity index (χ1n) is 10.4. The lowest BCUT2D eigenvalue weighted by atomic mass is 9.88.